The van der Waals surface area contributed by atoms with Crippen molar-refractivity contribution >= 4 is 5.91 Å². The molecule has 530 valence electrons. The van der Waals surface area contributed by atoms with Crippen LogP contribution >= 0.6 is 0 Å². The molecule has 0 radical (unpaired) electrons. The predicted molar refractivity (Wildman–Crippen MR) is 373 cm³/mol. The molecule has 2 rings (SSSR count). The van der Waals surface area contributed by atoms with Gasteiger partial charge in [-0.25, -0.2) is 0 Å². The molecule has 12 unspecified atom stereocenters. The number of aliphatic hydroxyl groups excluding tert-OH is 8. The minimum atomic E-state index is -1.80. The molecule has 2 aliphatic heterocycles. The van der Waals surface area contributed by atoms with Crippen molar-refractivity contribution in [3.8, 4) is 0 Å². The second-order valence-corrected chi connectivity index (χ2v) is 26.4. The van der Waals surface area contributed by atoms with E-state index in [1.165, 1.54) is 218 Å². The third-order valence-corrected chi connectivity index (χ3v) is 18.1. The molecule has 2 aliphatic rings. The van der Waals surface area contributed by atoms with Crippen LogP contribution in [-0.4, -0.2) is 140 Å². The van der Waals surface area contributed by atoms with E-state index < -0.39 is 86.8 Å². The maximum atomic E-state index is 13.3. The van der Waals surface area contributed by atoms with Crippen molar-refractivity contribution in [2.45, 2.75) is 389 Å². The van der Waals surface area contributed by atoms with Crippen molar-refractivity contribution in [2.24, 2.45) is 0 Å². The number of carbonyl (C=O) groups is 1. The number of allylic oxidation sites excluding steroid dienone is 11. The van der Waals surface area contributed by atoms with Crippen molar-refractivity contribution in [2.75, 3.05) is 19.8 Å². The van der Waals surface area contributed by atoms with Gasteiger partial charge in [-0.3, -0.25) is 4.79 Å². The number of rotatable bonds is 62. The van der Waals surface area contributed by atoms with Crippen LogP contribution in [0.4, 0.5) is 0 Å². The van der Waals surface area contributed by atoms with E-state index in [0.717, 1.165) is 64.2 Å². The number of unbranched alkanes of at least 4 members (excludes halogenated alkanes) is 39. The highest BCUT2D eigenvalue weighted by Crippen LogP contribution is 2.30. The Balaban J connectivity index is 1.68. The molecule has 0 aromatic rings. The Morgan fingerprint density at radius 2 is 0.736 bits per heavy atom. The van der Waals surface area contributed by atoms with Crippen molar-refractivity contribution < 1.29 is 64.6 Å². The first-order chi connectivity index (χ1) is 44.6. The summed E-state index contributed by atoms with van der Waals surface area (Å²) in [5.41, 5.74) is 0. The largest absolute Gasteiger partial charge is 0.394 e. The molecule has 0 aromatic carbocycles. The summed E-state index contributed by atoms with van der Waals surface area (Å²) in [6.45, 7) is 2.80. The average Bonchev–Trinajstić information content (AvgIpc) is 1.07. The van der Waals surface area contributed by atoms with Crippen LogP contribution in [0.25, 0.3) is 0 Å². The average molecular weight is 1290 g/mol. The zero-order valence-electron chi connectivity index (χ0n) is 57.8. The van der Waals surface area contributed by atoms with E-state index in [-0.39, 0.29) is 18.9 Å². The monoisotopic (exact) mass is 1290 g/mol. The zero-order chi connectivity index (χ0) is 65.9. The van der Waals surface area contributed by atoms with E-state index in [1.807, 2.05) is 6.08 Å². The molecule has 2 fully saturated rings. The number of carbonyl (C=O) groups excluding carboxylic acids is 1. The number of hydrogen-bond donors (Lipinski definition) is 9. The van der Waals surface area contributed by atoms with Gasteiger partial charge in [-0.15, -0.1) is 0 Å². The standard InChI is InChI=1S/C77H139NO13/c1-3-5-7-9-11-13-15-17-19-21-23-25-27-29-31-32-33-35-36-38-40-42-44-46-48-50-52-54-56-58-60-66(81)65(64-88-76-74(87)72(85)75(68(63-80)90-76)91-77-73(86)71(84)70(83)67(62-79)89-77)78-69(82)61-59-57-55-53-51-49-47-45-43-41-39-37-34-30-28-26-24-22-20-18-16-14-12-10-8-6-4-2/h16,18,22,24,28,30,42,44,50,52,58,60,65-68,70-77,79-81,83-87H,3-15,17,19-21,23,25-27,29,31-41,43,45-49,51,53-57,59,61-64H2,1-2H3,(H,78,82)/b18-16-,24-22-,30-28-,44-42+,52-50+,60-58+. The van der Waals surface area contributed by atoms with Gasteiger partial charge in [-0.05, 0) is 83.5 Å². The summed E-state index contributed by atoms with van der Waals surface area (Å²) in [6.07, 6.45) is 66.8. The van der Waals surface area contributed by atoms with Gasteiger partial charge >= 0.3 is 0 Å². The molecule has 2 heterocycles. The lowest BCUT2D eigenvalue weighted by molar-refractivity contribution is -0.359. The molecule has 0 aromatic heterocycles. The Morgan fingerprint density at radius 1 is 0.396 bits per heavy atom. The fourth-order valence-electron chi connectivity index (χ4n) is 12.1. The summed E-state index contributed by atoms with van der Waals surface area (Å²) in [5.74, 6) is -0.254. The van der Waals surface area contributed by atoms with Crippen LogP contribution in [0.15, 0.2) is 72.9 Å². The second-order valence-electron chi connectivity index (χ2n) is 26.4. The van der Waals surface area contributed by atoms with E-state index in [0.29, 0.717) is 12.8 Å². The number of ether oxygens (including phenoxy) is 4. The molecule has 91 heavy (non-hydrogen) atoms. The maximum absolute atomic E-state index is 13.3. The van der Waals surface area contributed by atoms with Crippen LogP contribution in [0.2, 0.25) is 0 Å². The third-order valence-electron chi connectivity index (χ3n) is 18.1. The van der Waals surface area contributed by atoms with Gasteiger partial charge in [0.1, 0.15) is 48.8 Å². The fraction of sp³-hybridized carbons (Fsp3) is 0.831. The molecule has 14 nitrogen and oxygen atoms in total. The van der Waals surface area contributed by atoms with Crippen LogP contribution in [0.1, 0.15) is 316 Å². The van der Waals surface area contributed by atoms with Crippen molar-refractivity contribution in [1.82, 2.24) is 5.32 Å². The van der Waals surface area contributed by atoms with Gasteiger partial charge in [-0.2, -0.15) is 0 Å². The number of hydrogen-bond acceptors (Lipinski definition) is 13. The molecule has 9 N–H and O–H groups in total. The van der Waals surface area contributed by atoms with Gasteiger partial charge in [0.25, 0.3) is 0 Å². The molecule has 0 aliphatic carbocycles. The normalized spacial score (nSPS) is 23.2. The van der Waals surface area contributed by atoms with Crippen molar-refractivity contribution in [3.63, 3.8) is 0 Å². The summed E-state index contributed by atoms with van der Waals surface area (Å²) in [7, 11) is 0. The SMILES string of the molecule is CCCCCCC/C=C\C/C=C\C/C=C\CCCCCCCCCCCCCCC(=O)NC(COC1OC(CO)C(OC2OC(CO)C(O)C(O)C2O)C(O)C1O)C(O)/C=C/CC/C=C/CC/C=C/CCCCCCCCCCCCCCCCCCCCCC. The van der Waals surface area contributed by atoms with Gasteiger partial charge < -0.3 is 65.1 Å². The maximum Gasteiger partial charge on any atom is 0.220 e. The van der Waals surface area contributed by atoms with Crippen LogP contribution in [0.5, 0.6) is 0 Å². The van der Waals surface area contributed by atoms with Gasteiger partial charge in [0.15, 0.2) is 12.6 Å². The Hall–Kier alpha value is -2.57. The van der Waals surface area contributed by atoms with E-state index >= 15 is 0 Å². The highest BCUT2D eigenvalue weighted by molar-refractivity contribution is 5.76. The molecule has 0 spiro atoms. The lowest BCUT2D eigenvalue weighted by atomic mass is 9.97. The highest BCUT2D eigenvalue weighted by Gasteiger charge is 2.51. The first kappa shape index (κ1) is 84.5. The Labute approximate surface area is 555 Å². The van der Waals surface area contributed by atoms with Crippen molar-refractivity contribution in [3.05, 3.63) is 72.9 Å². The van der Waals surface area contributed by atoms with E-state index in [4.69, 9.17) is 18.9 Å². The lowest BCUT2D eigenvalue weighted by Gasteiger charge is -2.46. The molecule has 0 saturated carbocycles. The molecular formula is C77H139NO13. The summed E-state index contributed by atoms with van der Waals surface area (Å²) < 4.78 is 22.9. The van der Waals surface area contributed by atoms with E-state index in [1.54, 1.807) is 6.08 Å². The number of amides is 1. The Morgan fingerprint density at radius 3 is 1.15 bits per heavy atom. The highest BCUT2D eigenvalue weighted by atomic mass is 16.7. The Kier molecular flexibility index (Phi) is 56.7. The minimum Gasteiger partial charge on any atom is -0.394 e. The zero-order valence-corrected chi connectivity index (χ0v) is 57.8. The van der Waals surface area contributed by atoms with Gasteiger partial charge in [0, 0.05) is 6.42 Å². The van der Waals surface area contributed by atoms with Crippen LogP contribution in [0, 0.1) is 0 Å². The van der Waals surface area contributed by atoms with Gasteiger partial charge in [0.2, 0.25) is 5.91 Å². The summed E-state index contributed by atoms with van der Waals surface area (Å²) in [6, 6.07) is -0.944. The summed E-state index contributed by atoms with van der Waals surface area (Å²) in [5, 5.41) is 87.5. The number of aliphatic hydroxyl groups is 8. The van der Waals surface area contributed by atoms with Gasteiger partial charge in [0.05, 0.1) is 32.0 Å². The molecule has 12 atom stereocenters. The molecule has 2 saturated heterocycles. The van der Waals surface area contributed by atoms with Crippen LogP contribution in [0.3, 0.4) is 0 Å². The molecule has 1 amide bonds. The smallest absolute Gasteiger partial charge is 0.220 e. The molecular weight excluding hydrogens is 1150 g/mol. The third kappa shape index (κ3) is 44.7. The van der Waals surface area contributed by atoms with Gasteiger partial charge in [-0.1, -0.05) is 299 Å². The predicted octanol–water partition coefficient (Wildman–Crippen LogP) is 16.2. The fourth-order valence-corrected chi connectivity index (χ4v) is 12.1. The molecule has 0 bridgehead atoms. The van der Waals surface area contributed by atoms with E-state index in [9.17, 15) is 45.6 Å². The second kappa shape index (κ2) is 61.1. The quantitative estimate of drug-likeness (QED) is 0.0204. The Bertz CT molecular complexity index is 1800. The topological polar surface area (TPSA) is 228 Å². The van der Waals surface area contributed by atoms with E-state index in [2.05, 4.69) is 79.9 Å². The summed E-state index contributed by atoms with van der Waals surface area (Å²) in [4.78, 5) is 13.3. The lowest BCUT2D eigenvalue weighted by Crippen LogP contribution is -2.65. The number of nitrogens with one attached hydrogen (secondary N) is 1. The first-order valence-corrected chi connectivity index (χ1v) is 37.7. The molecule has 14 heteroatoms. The van der Waals surface area contributed by atoms with Crippen molar-refractivity contribution in [1.29, 1.82) is 0 Å². The first-order valence-electron chi connectivity index (χ1n) is 37.7. The summed E-state index contributed by atoms with van der Waals surface area (Å²) >= 11 is 0. The van der Waals surface area contributed by atoms with Crippen LogP contribution < -0.4 is 5.32 Å². The minimum absolute atomic E-state index is 0.254. The van der Waals surface area contributed by atoms with Crippen LogP contribution in [-0.2, 0) is 23.7 Å².